The second-order valence-electron chi connectivity index (χ2n) is 3.56. The molecule has 4 nitrogen and oxygen atoms in total. The van der Waals surface area contributed by atoms with Crippen LogP contribution in [0.25, 0.3) is 11.1 Å². The normalized spacial score (nSPS) is 11.6. The number of nitrogens with zero attached hydrogens (tertiary/aromatic N) is 2. The first-order valence-electron chi connectivity index (χ1n) is 4.99. The molecule has 2 N–H and O–H groups in total. The molecule has 0 aliphatic carbocycles. The number of anilines is 1. The molecule has 2 aromatic rings. The molecule has 0 saturated heterocycles. The van der Waals surface area contributed by atoms with Crippen molar-refractivity contribution in [1.82, 2.24) is 9.94 Å². The van der Waals surface area contributed by atoms with Gasteiger partial charge < -0.3 is 10.6 Å². The summed E-state index contributed by atoms with van der Waals surface area (Å²) in [4.78, 5) is 5.78. The highest BCUT2D eigenvalue weighted by molar-refractivity contribution is 5.76. The third-order valence-electron chi connectivity index (χ3n) is 2.43. The number of nitrogens with two attached hydrogens (primary N) is 1. The topological polar surface area (TPSA) is 53.1 Å². The van der Waals surface area contributed by atoms with Crippen molar-refractivity contribution in [2.24, 2.45) is 0 Å². The Morgan fingerprint density at radius 2 is 1.89 bits per heavy atom. The lowest BCUT2D eigenvalue weighted by Crippen LogP contribution is -2.07. The second-order valence-corrected chi connectivity index (χ2v) is 3.56. The van der Waals surface area contributed by atoms with Gasteiger partial charge in [0.05, 0.1) is 11.8 Å². The van der Waals surface area contributed by atoms with Gasteiger partial charge in [-0.05, 0) is 11.6 Å². The van der Waals surface area contributed by atoms with Gasteiger partial charge >= 0.3 is 6.18 Å². The van der Waals surface area contributed by atoms with Crippen molar-refractivity contribution in [3.63, 3.8) is 0 Å². The van der Waals surface area contributed by atoms with Crippen LogP contribution < -0.4 is 10.6 Å². The van der Waals surface area contributed by atoms with Gasteiger partial charge in [0, 0.05) is 5.56 Å². The van der Waals surface area contributed by atoms with Crippen molar-refractivity contribution in [2.45, 2.75) is 6.18 Å². The highest BCUT2D eigenvalue weighted by Crippen LogP contribution is 2.38. The van der Waals surface area contributed by atoms with Crippen molar-refractivity contribution in [3.05, 3.63) is 36.0 Å². The highest BCUT2D eigenvalue weighted by atomic mass is 19.4. The summed E-state index contributed by atoms with van der Waals surface area (Å²) in [5.41, 5.74) is 4.99. The van der Waals surface area contributed by atoms with Crippen LogP contribution in [-0.4, -0.2) is 17.1 Å². The third-order valence-corrected chi connectivity index (χ3v) is 2.43. The molecule has 0 saturated carbocycles. The zero-order valence-corrected chi connectivity index (χ0v) is 9.40. The zero-order chi connectivity index (χ0) is 13.3. The number of benzene rings is 1. The standard InChI is InChI=1S/C11H10F3N3O/c1-18-17-6-8(10(15)16-17)7-4-2-3-5-9(7)11(12,13)14/h2-6H,1H3,(H2,15,16). The lowest BCUT2D eigenvalue weighted by atomic mass is 10.0. The zero-order valence-electron chi connectivity index (χ0n) is 9.40. The largest absolute Gasteiger partial charge is 0.417 e. The summed E-state index contributed by atoms with van der Waals surface area (Å²) >= 11 is 0. The first-order chi connectivity index (χ1) is 8.43. The van der Waals surface area contributed by atoms with Crippen molar-refractivity contribution in [1.29, 1.82) is 0 Å². The Hall–Kier alpha value is -2.18. The predicted molar refractivity (Wildman–Crippen MR) is 59.6 cm³/mol. The molecule has 0 aliphatic rings. The number of hydrogen-bond donors (Lipinski definition) is 1. The van der Waals surface area contributed by atoms with Gasteiger partial charge in [-0.15, -0.1) is 9.94 Å². The van der Waals surface area contributed by atoms with E-state index in [9.17, 15) is 13.2 Å². The predicted octanol–water partition coefficient (Wildman–Crippen LogP) is 2.21. The Labute approximate surface area is 101 Å². The summed E-state index contributed by atoms with van der Waals surface area (Å²) in [7, 11) is 1.34. The van der Waals surface area contributed by atoms with Gasteiger partial charge in [0.1, 0.15) is 7.11 Å². The van der Waals surface area contributed by atoms with Crippen LogP contribution in [0, 0.1) is 0 Å². The van der Waals surface area contributed by atoms with Crippen LogP contribution in [0.4, 0.5) is 19.0 Å². The molecular weight excluding hydrogens is 247 g/mol. The maximum Gasteiger partial charge on any atom is 0.417 e. The molecule has 1 heterocycles. The van der Waals surface area contributed by atoms with Gasteiger partial charge in [0.15, 0.2) is 5.82 Å². The number of halogens is 3. The van der Waals surface area contributed by atoms with Gasteiger partial charge in [-0.2, -0.15) is 13.2 Å². The first-order valence-corrected chi connectivity index (χ1v) is 4.99. The molecule has 7 heteroatoms. The molecule has 18 heavy (non-hydrogen) atoms. The van der Waals surface area contributed by atoms with E-state index in [0.29, 0.717) is 0 Å². The van der Waals surface area contributed by atoms with E-state index >= 15 is 0 Å². The van der Waals surface area contributed by atoms with Crippen LogP contribution in [-0.2, 0) is 6.18 Å². The minimum atomic E-state index is -4.45. The third kappa shape index (κ3) is 2.11. The average molecular weight is 257 g/mol. The lowest BCUT2D eigenvalue weighted by Gasteiger charge is -2.11. The fourth-order valence-electron chi connectivity index (χ4n) is 1.63. The quantitative estimate of drug-likeness (QED) is 0.897. The van der Waals surface area contributed by atoms with E-state index in [-0.39, 0.29) is 16.9 Å². The Bertz CT molecular complexity index is 563. The van der Waals surface area contributed by atoms with Gasteiger partial charge in [-0.25, -0.2) is 0 Å². The fraction of sp³-hybridized carbons (Fsp3) is 0.182. The Morgan fingerprint density at radius 3 is 2.44 bits per heavy atom. The van der Waals surface area contributed by atoms with Crippen molar-refractivity contribution in [2.75, 3.05) is 12.8 Å². The van der Waals surface area contributed by atoms with Gasteiger partial charge in [0.2, 0.25) is 0 Å². The van der Waals surface area contributed by atoms with E-state index in [1.54, 1.807) is 0 Å². The molecule has 0 unspecified atom stereocenters. The van der Waals surface area contributed by atoms with E-state index < -0.39 is 11.7 Å². The molecule has 0 aliphatic heterocycles. The molecule has 0 bridgehead atoms. The van der Waals surface area contributed by atoms with Gasteiger partial charge in [-0.3, -0.25) is 0 Å². The van der Waals surface area contributed by atoms with Gasteiger partial charge in [-0.1, -0.05) is 18.2 Å². The maximum atomic E-state index is 12.9. The molecule has 1 aromatic carbocycles. The number of rotatable bonds is 2. The second kappa shape index (κ2) is 4.25. The van der Waals surface area contributed by atoms with Crippen LogP contribution >= 0.6 is 0 Å². The average Bonchev–Trinajstić information content (AvgIpc) is 2.69. The number of nitrogen functional groups attached to an aromatic ring is 1. The summed E-state index contributed by atoms with van der Waals surface area (Å²) < 4.78 is 38.6. The molecule has 0 spiro atoms. The van der Waals surface area contributed by atoms with Crippen molar-refractivity contribution < 1.29 is 18.0 Å². The van der Waals surface area contributed by atoms with E-state index in [2.05, 4.69) is 5.10 Å². The Morgan fingerprint density at radius 1 is 1.22 bits per heavy atom. The van der Waals surface area contributed by atoms with E-state index in [1.165, 1.54) is 31.5 Å². The summed E-state index contributed by atoms with van der Waals surface area (Å²) in [5, 5.41) is 3.73. The molecule has 0 fully saturated rings. The Balaban J connectivity index is 2.60. The molecule has 96 valence electrons. The molecule has 1 aromatic heterocycles. The summed E-state index contributed by atoms with van der Waals surface area (Å²) in [6, 6.07) is 5.17. The van der Waals surface area contributed by atoms with E-state index in [4.69, 9.17) is 10.6 Å². The van der Waals surface area contributed by atoms with Crippen LogP contribution in [0.1, 0.15) is 5.56 Å². The molecule has 0 amide bonds. The smallest absolute Gasteiger partial charge is 0.400 e. The monoisotopic (exact) mass is 257 g/mol. The van der Waals surface area contributed by atoms with Gasteiger partial charge in [0.25, 0.3) is 0 Å². The molecule has 0 radical (unpaired) electrons. The fourth-order valence-corrected chi connectivity index (χ4v) is 1.63. The highest BCUT2D eigenvalue weighted by Gasteiger charge is 2.34. The van der Waals surface area contributed by atoms with E-state index in [1.807, 2.05) is 0 Å². The summed E-state index contributed by atoms with van der Waals surface area (Å²) in [6.07, 6.45) is -3.14. The van der Waals surface area contributed by atoms with Crippen LogP contribution in [0.5, 0.6) is 0 Å². The number of aromatic nitrogens is 2. The summed E-state index contributed by atoms with van der Waals surface area (Å²) in [6.45, 7) is 0. The first kappa shape index (κ1) is 12.3. The summed E-state index contributed by atoms with van der Waals surface area (Å²) in [5.74, 6) is -0.0199. The lowest BCUT2D eigenvalue weighted by molar-refractivity contribution is -0.137. The van der Waals surface area contributed by atoms with Crippen molar-refractivity contribution in [3.8, 4) is 11.1 Å². The minimum absolute atomic E-state index is 0.0199. The van der Waals surface area contributed by atoms with Crippen LogP contribution in [0.15, 0.2) is 30.5 Å². The molecular formula is C11H10F3N3O. The maximum absolute atomic E-state index is 12.9. The molecule has 2 rings (SSSR count). The molecule has 0 atom stereocenters. The van der Waals surface area contributed by atoms with Crippen LogP contribution in [0.3, 0.4) is 0 Å². The SMILES string of the molecule is COn1cc(-c2ccccc2C(F)(F)F)c(N)n1. The van der Waals surface area contributed by atoms with E-state index in [0.717, 1.165) is 10.9 Å². The number of alkyl halides is 3. The van der Waals surface area contributed by atoms with Crippen molar-refractivity contribution >= 4 is 5.82 Å². The van der Waals surface area contributed by atoms with Crippen LogP contribution in [0.2, 0.25) is 0 Å². The Kier molecular flexibility index (Phi) is 2.90. The minimum Gasteiger partial charge on any atom is -0.400 e. The number of hydrogen-bond acceptors (Lipinski definition) is 3.